The molecular formula is C13H17Cl2Zr-3. The molecule has 2 rings (SSSR count). The SMILES string of the molecule is C[CH-]C.[C-]1=CC=CC1.[C-]1=CC=CC1.[Cl-].[Cl-].[Zr+2]. The third kappa shape index (κ3) is 23.9. The molecule has 0 saturated heterocycles. The van der Waals surface area contributed by atoms with Gasteiger partial charge in [0.25, 0.3) is 0 Å². The molecule has 16 heavy (non-hydrogen) atoms. The molecule has 0 amide bonds. The molecule has 90 valence electrons. The quantitative estimate of drug-likeness (QED) is 0.443. The summed E-state index contributed by atoms with van der Waals surface area (Å²) in [6, 6.07) is 0. The summed E-state index contributed by atoms with van der Waals surface area (Å²) in [5, 5.41) is 0. The number of halogens is 2. The van der Waals surface area contributed by atoms with Crippen LogP contribution in [0, 0.1) is 18.6 Å². The van der Waals surface area contributed by atoms with Gasteiger partial charge in [0.05, 0.1) is 0 Å². The summed E-state index contributed by atoms with van der Waals surface area (Å²) in [5.41, 5.74) is 0. The van der Waals surface area contributed by atoms with Crippen molar-refractivity contribution in [1.29, 1.82) is 0 Å². The summed E-state index contributed by atoms with van der Waals surface area (Å²) in [4.78, 5) is 0. The van der Waals surface area contributed by atoms with Crippen molar-refractivity contribution in [2.75, 3.05) is 0 Å². The van der Waals surface area contributed by atoms with E-state index in [9.17, 15) is 0 Å². The maximum absolute atomic E-state index is 2.99. The first-order valence-electron chi connectivity index (χ1n) is 4.59. The van der Waals surface area contributed by atoms with Gasteiger partial charge in [-0.2, -0.15) is 26.0 Å². The molecule has 0 atom stereocenters. The van der Waals surface area contributed by atoms with Crippen LogP contribution in [0.4, 0.5) is 0 Å². The van der Waals surface area contributed by atoms with Crippen LogP contribution in [0.25, 0.3) is 0 Å². The molecule has 0 aromatic carbocycles. The summed E-state index contributed by atoms with van der Waals surface area (Å²) < 4.78 is 0. The van der Waals surface area contributed by atoms with E-state index in [1.807, 2.05) is 44.6 Å². The molecule has 0 N–H and O–H groups in total. The Balaban J connectivity index is -0.0000000638. The Labute approximate surface area is 132 Å². The average Bonchev–Trinajstić information content (AvgIpc) is 2.85. The molecule has 0 fully saturated rings. The fraction of sp³-hybridized carbons (Fsp3) is 0.308. The van der Waals surface area contributed by atoms with Crippen LogP contribution in [0.15, 0.2) is 36.5 Å². The van der Waals surface area contributed by atoms with Crippen molar-refractivity contribution in [3.8, 4) is 0 Å². The van der Waals surface area contributed by atoms with Crippen molar-refractivity contribution < 1.29 is 51.0 Å². The average molecular weight is 335 g/mol. The monoisotopic (exact) mass is 333 g/mol. The third-order valence-electron chi connectivity index (χ3n) is 1.17. The topological polar surface area (TPSA) is 0 Å². The fourth-order valence-electron chi connectivity index (χ4n) is 0.680. The normalized spacial score (nSPS) is 12.1. The zero-order chi connectivity index (χ0) is 9.78. The Morgan fingerprint density at radius 1 is 0.875 bits per heavy atom. The Hall–Kier alpha value is 0.423. The van der Waals surface area contributed by atoms with Gasteiger partial charge in [0.15, 0.2) is 0 Å². The molecule has 0 aliphatic heterocycles. The molecule has 0 saturated carbocycles. The smallest absolute Gasteiger partial charge is 1.00 e. The first-order valence-corrected chi connectivity index (χ1v) is 4.59. The van der Waals surface area contributed by atoms with E-state index in [1.165, 1.54) is 0 Å². The first kappa shape index (κ1) is 25.3. The van der Waals surface area contributed by atoms with Gasteiger partial charge in [-0.05, 0) is 0 Å². The fourth-order valence-corrected chi connectivity index (χ4v) is 0.680. The van der Waals surface area contributed by atoms with E-state index in [2.05, 4.69) is 24.3 Å². The molecule has 0 heterocycles. The van der Waals surface area contributed by atoms with Crippen LogP contribution in [0.5, 0.6) is 0 Å². The van der Waals surface area contributed by atoms with E-state index in [-0.39, 0.29) is 51.0 Å². The zero-order valence-corrected chi connectivity index (χ0v) is 13.7. The predicted molar refractivity (Wildman–Crippen MR) is 58.8 cm³/mol. The summed E-state index contributed by atoms with van der Waals surface area (Å²) in [5.74, 6) is 0. The molecule has 0 aromatic rings. The minimum Gasteiger partial charge on any atom is -1.00 e. The number of allylic oxidation sites excluding steroid dienone is 8. The van der Waals surface area contributed by atoms with Crippen molar-refractivity contribution in [3.63, 3.8) is 0 Å². The molecule has 0 spiro atoms. The van der Waals surface area contributed by atoms with Crippen LogP contribution in [-0.4, -0.2) is 0 Å². The summed E-state index contributed by atoms with van der Waals surface area (Å²) >= 11 is 0. The van der Waals surface area contributed by atoms with E-state index < -0.39 is 0 Å². The zero-order valence-electron chi connectivity index (χ0n) is 9.71. The van der Waals surface area contributed by atoms with Gasteiger partial charge in [0, 0.05) is 0 Å². The van der Waals surface area contributed by atoms with Gasteiger partial charge < -0.3 is 31.2 Å². The molecule has 0 bridgehead atoms. The summed E-state index contributed by atoms with van der Waals surface area (Å²) in [7, 11) is 0. The molecule has 2 aliphatic carbocycles. The Morgan fingerprint density at radius 3 is 1.25 bits per heavy atom. The molecule has 0 aromatic heterocycles. The Kier molecular flexibility index (Phi) is 38.9. The molecular weight excluding hydrogens is 318 g/mol. The second-order valence-electron chi connectivity index (χ2n) is 2.58. The van der Waals surface area contributed by atoms with Crippen LogP contribution in [-0.2, 0) is 26.2 Å². The van der Waals surface area contributed by atoms with Crippen LogP contribution in [0.3, 0.4) is 0 Å². The minimum atomic E-state index is 0. The number of rotatable bonds is 0. The Morgan fingerprint density at radius 2 is 1.19 bits per heavy atom. The molecule has 0 unspecified atom stereocenters. The Bertz CT molecular complexity index is 164. The van der Waals surface area contributed by atoms with Gasteiger partial charge >= 0.3 is 26.2 Å². The van der Waals surface area contributed by atoms with Gasteiger partial charge in [0.1, 0.15) is 0 Å². The van der Waals surface area contributed by atoms with Crippen LogP contribution < -0.4 is 24.8 Å². The van der Waals surface area contributed by atoms with E-state index in [0.717, 1.165) is 12.8 Å². The molecule has 3 heteroatoms. The number of hydrogen-bond acceptors (Lipinski definition) is 0. The summed E-state index contributed by atoms with van der Waals surface area (Å²) in [6.45, 7) is 4.00. The summed E-state index contributed by atoms with van der Waals surface area (Å²) in [6.07, 6.45) is 22.0. The van der Waals surface area contributed by atoms with Gasteiger partial charge in [-0.25, -0.2) is 24.3 Å². The van der Waals surface area contributed by atoms with Crippen LogP contribution >= 0.6 is 0 Å². The second kappa shape index (κ2) is 24.6. The first-order chi connectivity index (χ1) is 6.41. The van der Waals surface area contributed by atoms with Gasteiger partial charge in [-0.3, -0.25) is 12.2 Å². The van der Waals surface area contributed by atoms with Crippen molar-refractivity contribution in [2.45, 2.75) is 26.7 Å². The van der Waals surface area contributed by atoms with E-state index in [4.69, 9.17) is 0 Å². The van der Waals surface area contributed by atoms with Crippen molar-refractivity contribution >= 4 is 0 Å². The van der Waals surface area contributed by atoms with Crippen LogP contribution in [0.2, 0.25) is 0 Å². The minimum absolute atomic E-state index is 0. The standard InChI is InChI=1S/2C5H5.C3H7.2ClH.Zr/c2*1-2-4-5-3-1;1-3-2;;;/h2*1-3H,4H2;3H,1-2H3;2*1H;/q3*-1;;;+2/p-2. The van der Waals surface area contributed by atoms with Gasteiger partial charge in [-0.1, -0.05) is 0 Å². The molecule has 2 aliphatic rings. The number of hydrogen-bond donors (Lipinski definition) is 0. The van der Waals surface area contributed by atoms with E-state index in [1.54, 1.807) is 0 Å². The maximum Gasteiger partial charge on any atom is 2.00 e. The molecule has 0 radical (unpaired) electrons. The van der Waals surface area contributed by atoms with Crippen molar-refractivity contribution in [3.05, 3.63) is 55.0 Å². The maximum atomic E-state index is 2.99. The van der Waals surface area contributed by atoms with E-state index >= 15 is 0 Å². The molecule has 0 nitrogen and oxygen atoms in total. The van der Waals surface area contributed by atoms with Crippen molar-refractivity contribution in [1.82, 2.24) is 0 Å². The van der Waals surface area contributed by atoms with Crippen molar-refractivity contribution in [2.24, 2.45) is 0 Å². The predicted octanol–water partition coefficient (Wildman–Crippen LogP) is -2.15. The van der Waals surface area contributed by atoms with Gasteiger partial charge in [0.2, 0.25) is 0 Å². The third-order valence-corrected chi connectivity index (χ3v) is 1.17. The largest absolute Gasteiger partial charge is 2.00 e. The van der Waals surface area contributed by atoms with Gasteiger partial charge in [-0.15, -0.1) is 12.8 Å². The van der Waals surface area contributed by atoms with E-state index in [0.29, 0.717) is 0 Å². The van der Waals surface area contributed by atoms with Crippen LogP contribution in [0.1, 0.15) is 26.7 Å². The second-order valence-corrected chi connectivity index (χ2v) is 2.58.